The van der Waals surface area contributed by atoms with Gasteiger partial charge < -0.3 is 10.6 Å². The van der Waals surface area contributed by atoms with Crippen LogP contribution in [0.3, 0.4) is 0 Å². The smallest absolute Gasteiger partial charge is 0.0834 e. The lowest BCUT2D eigenvalue weighted by Crippen LogP contribution is -2.63. The van der Waals surface area contributed by atoms with E-state index in [1.54, 1.807) is 0 Å². The van der Waals surface area contributed by atoms with Gasteiger partial charge in [-0.3, -0.25) is 9.74 Å². The lowest BCUT2D eigenvalue weighted by molar-refractivity contribution is -0.314. The van der Waals surface area contributed by atoms with Crippen LogP contribution in [-0.2, 0) is 4.84 Å². The van der Waals surface area contributed by atoms with E-state index in [0.717, 1.165) is 48.8 Å². The summed E-state index contributed by atoms with van der Waals surface area (Å²) in [5, 5.41) is 9.88. The highest BCUT2D eigenvalue weighted by Crippen LogP contribution is 2.47. The first-order chi connectivity index (χ1) is 19.8. The minimum atomic E-state index is 0.382. The molecule has 4 saturated carbocycles. The van der Waals surface area contributed by atoms with E-state index in [2.05, 4.69) is 34.6 Å². The van der Waals surface area contributed by atoms with Crippen molar-refractivity contribution in [1.29, 1.82) is 0 Å². The van der Waals surface area contributed by atoms with Gasteiger partial charge in [0.15, 0.2) is 0 Å². The molecule has 5 nitrogen and oxygen atoms in total. The summed E-state index contributed by atoms with van der Waals surface area (Å²) in [4.78, 5) is 10.3. The first-order valence-electron chi connectivity index (χ1n) is 18.3. The maximum atomic E-state index is 7.09. The van der Waals surface area contributed by atoms with Crippen molar-refractivity contribution in [3.05, 3.63) is 0 Å². The third-order valence-corrected chi connectivity index (χ3v) is 12.9. The monoisotopic (exact) mass is 557 g/mol. The van der Waals surface area contributed by atoms with Gasteiger partial charge in [-0.25, -0.2) is 0 Å². The number of rotatable bonds is 8. The van der Waals surface area contributed by atoms with E-state index in [-0.39, 0.29) is 0 Å². The van der Waals surface area contributed by atoms with E-state index in [1.165, 1.54) is 135 Å². The number of nitrogens with one attached hydrogen (secondary N) is 2. The molecule has 2 saturated heterocycles. The number of fused-ring (bicyclic) bond motifs is 1. The zero-order valence-electron chi connectivity index (χ0n) is 26.3. The van der Waals surface area contributed by atoms with Crippen molar-refractivity contribution in [2.75, 3.05) is 26.7 Å². The molecule has 2 heterocycles. The molecule has 0 aromatic heterocycles. The lowest BCUT2D eigenvalue weighted by atomic mass is 9.68. The van der Waals surface area contributed by atoms with Gasteiger partial charge in [-0.2, -0.15) is 5.06 Å². The third-order valence-electron chi connectivity index (χ3n) is 12.9. The zero-order valence-corrected chi connectivity index (χ0v) is 26.3. The number of hydrogen-bond donors (Lipinski definition) is 2. The minimum absolute atomic E-state index is 0.382. The summed E-state index contributed by atoms with van der Waals surface area (Å²) in [6.45, 7) is 6.00. The van der Waals surface area contributed by atoms with Crippen molar-refractivity contribution in [2.45, 2.75) is 172 Å². The van der Waals surface area contributed by atoms with E-state index in [0.29, 0.717) is 24.1 Å². The zero-order chi connectivity index (χ0) is 27.3. The number of nitrogens with zero attached hydrogens (tertiary/aromatic N) is 2. The van der Waals surface area contributed by atoms with Crippen LogP contribution >= 0.6 is 0 Å². The Labute approximate surface area is 247 Å². The molecule has 0 spiro atoms. The average molecular weight is 557 g/mol. The van der Waals surface area contributed by atoms with Gasteiger partial charge in [0.2, 0.25) is 0 Å². The molecule has 5 atom stereocenters. The van der Waals surface area contributed by atoms with Crippen LogP contribution in [0.5, 0.6) is 0 Å². The van der Waals surface area contributed by atoms with Crippen LogP contribution in [0.2, 0.25) is 0 Å². The van der Waals surface area contributed by atoms with E-state index in [4.69, 9.17) is 4.84 Å². The molecule has 4 aliphatic carbocycles. The molecule has 2 N–H and O–H groups in total. The first-order valence-corrected chi connectivity index (χ1v) is 18.3. The summed E-state index contributed by atoms with van der Waals surface area (Å²) in [6, 6.07) is 3.82. The summed E-state index contributed by atoms with van der Waals surface area (Å²) in [6.07, 6.45) is 28.8. The number of hydroxylamine groups is 2. The third kappa shape index (κ3) is 6.64. The number of piperidine rings is 1. The highest BCUT2D eigenvalue weighted by Gasteiger charge is 2.50. The van der Waals surface area contributed by atoms with Gasteiger partial charge >= 0.3 is 0 Å². The first kappa shape index (κ1) is 29.9. The molecular formula is C35H64N4O. The summed E-state index contributed by atoms with van der Waals surface area (Å²) in [7, 11) is 2.17. The molecule has 0 bridgehead atoms. The van der Waals surface area contributed by atoms with Crippen LogP contribution in [0.4, 0.5) is 0 Å². The van der Waals surface area contributed by atoms with Gasteiger partial charge in [0.1, 0.15) is 0 Å². The van der Waals surface area contributed by atoms with E-state index >= 15 is 0 Å². The van der Waals surface area contributed by atoms with Crippen molar-refractivity contribution < 1.29 is 4.84 Å². The maximum Gasteiger partial charge on any atom is 0.0834 e. The Balaban J connectivity index is 1.18. The predicted octanol–water partition coefficient (Wildman–Crippen LogP) is 6.91. The standard InChI is InChI=1S/C35H64N4O/c1-3-35-33(25-36-2)32-24-31(38(28-10-6-4-7-11-28)29-12-8-5-9-13-29)18-19-34(32)39(40-35)30-16-14-26(15-17-30)27-20-22-37-23-21-27/h26-37H,3-25H2,1-2H3. The highest BCUT2D eigenvalue weighted by molar-refractivity contribution is 5.01. The van der Waals surface area contributed by atoms with Gasteiger partial charge in [0, 0.05) is 42.7 Å². The van der Waals surface area contributed by atoms with Crippen LogP contribution < -0.4 is 10.6 Å². The van der Waals surface area contributed by atoms with Crippen molar-refractivity contribution in [3.63, 3.8) is 0 Å². The molecule has 0 aromatic carbocycles. The summed E-state index contributed by atoms with van der Waals surface area (Å²) < 4.78 is 0. The topological polar surface area (TPSA) is 39.8 Å². The molecule has 6 fully saturated rings. The largest absolute Gasteiger partial charge is 0.319 e. The molecule has 0 aromatic rings. The summed E-state index contributed by atoms with van der Waals surface area (Å²) >= 11 is 0. The summed E-state index contributed by atoms with van der Waals surface area (Å²) in [5.74, 6) is 3.38. The van der Waals surface area contributed by atoms with Crippen LogP contribution in [-0.4, -0.2) is 73.0 Å². The molecule has 0 amide bonds. The van der Waals surface area contributed by atoms with Crippen LogP contribution in [0.15, 0.2) is 0 Å². The Morgan fingerprint density at radius 1 is 0.725 bits per heavy atom. The Bertz CT molecular complexity index is 720. The van der Waals surface area contributed by atoms with E-state index < -0.39 is 0 Å². The van der Waals surface area contributed by atoms with E-state index in [9.17, 15) is 0 Å². The molecule has 5 heteroatoms. The second-order valence-electron chi connectivity index (χ2n) is 15.0. The quantitative estimate of drug-likeness (QED) is 0.340. The molecule has 5 unspecified atom stereocenters. The Morgan fingerprint density at radius 2 is 1.35 bits per heavy atom. The van der Waals surface area contributed by atoms with Crippen LogP contribution in [0.1, 0.15) is 135 Å². The second kappa shape index (κ2) is 14.5. The highest BCUT2D eigenvalue weighted by atomic mass is 16.7. The predicted molar refractivity (Wildman–Crippen MR) is 166 cm³/mol. The second-order valence-corrected chi connectivity index (χ2v) is 15.0. The normalized spacial score (nSPS) is 39.8. The molecule has 6 rings (SSSR count). The number of hydrogen-bond acceptors (Lipinski definition) is 5. The van der Waals surface area contributed by atoms with Gasteiger partial charge in [0.25, 0.3) is 0 Å². The van der Waals surface area contributed by atoms with Gasteiger partial charge in [-0.1, -0.05) is 45.4 Å². The fourth-order valence-corrected chi connectivity index (χ4v) is 10.9. The van der Waals surface area contributed by atoms with Gasteiger partial charge in [0.05, 0.1) is 6.10 Å². The van der Waals surface area contributed by atoms with Gasteiger partial charge in [-0.15, -0.1) is 0 Å². The molecule has 2 aliphatic heterocycles. The van der Waals surface area contributed by atoms with Crippen molar-refractivity contribution >= 4 is 0 Å². The Kier molecular flexibility index (Phi) is 10.8. The Hall–Kier alpha value is -0.200. The van der Waals surface area contributed by atoms with Crippen molar-refractivity contribution in [1.82, 2.24) is 20.6 Å². The van der Waals surface area contributed by atoms with E-state index in [1.807, 2.05) is 0 Å². The summed E-state index contributed by atoms with van der Waals surface area (Å²) in [5.41, 5.74) is 0. The maximum absolute atomic E-state index is 7.09. The Morgan fingerprint density at radius 3 is 1.95 bits per heavy atom. The molecule has 0 radical (unpaired) electrons. The van der Waals surface area contributed by atoms with Crippen LogP contribution in [0.25, 0.3) is 0 Å². The molecule has 230 valence electrons. The lowest BCUT2D eigenvalue weighted by Gasteiger charge is -2.57. The van der Waals surface area contributed by atoms with Crippen molar-refractivity contribution in [2.24, 2.45) is 23.7 Å². The van der Waals surface area contributed by atoms with Crippen LogP contribution in [0, 0.1) is 23.7 Å². The fraction of sp³-hybridized carbons (Fsp3) is 1.00. The molecule has 40 heavy (non-hydrogen) atoms. The van der Waals surface area contributed by atoms with Crippen molar-refractivity contribution in [3.8, 4) is 0 Å². The minimum Gasteiger partial charge on any atom is -0.319 e. The molecule has 6 aliphatic rings. The molecular weight excluding hydrogens is 492 g/mol. The fourth-order valence-electron chi connectivity index (χ4n) is 10.9. The SMILES string of the molecule is CCC1ON(C2CCC(C3CCNCC3)CC2)C2CCC(N(C3CCCCC3)C3CCCCC3)CC2C1CNC. The van der Waals surface area contributed by atoms with Gasteiger partial charge in [-0.05, 0) is 128 Å². The average Bonchev–Trinajstić information content (AvgIpc) is 3.03.